The lowest BCUT2D eigenvalue weighted by Gasteiger charge is -2.15. The average molecular weight is 283 g/mol. The summed E-state index contributed by atoms with van der Waals surface area (Å²) in [5.41, 5.74) is 0.486. The first-order valence-corrected chi connectivity index (χ1v) is 5.96. The highest BCUT2D eigenvalue weighted by Gasteiger charge is 2.20. The fourth-order valence-electron chi connectivity index (χ4n) is 1.59. The molecule has 1 unspecified atom stereocenters. The van der Waals surface area contributed by atoms with E-state index in [9.17, 15) is 19.8 Å². The summed E-state index contributed by atoms with van der Waals surface area (Å²) in [6.07, 6.45) is 0.0724. The van der Waals surface area contributed by atoms with Crippen molar-refractivity contribution in [2.45, 2.75) is 18.9 Å². The van der Waals surface area contributed by atoms with Gasteiger partial charge in [-0.2, -0.15) is 0 Å². The van der Waals surface area contributed by atoms with Crippen LogP contribution in [-0.4, -0.2) is 47.0 Å². The van der Waals surface area contributed by atoms with E-state index < -0.39 is 17.9 Å². The number of aliphatic carboxylic acids is 1. The van der Waals surface area contributed by atoms with Crippen LogP contribution in [0.25, 0.3) is 0 Å². The molecule has 0 aromatic heterocycles. The Morgan fingerprint density at radius 1 is 1.30 bits per heavy atom. The number of ether oxygens (including phenoxy) is 1. The van der Waals surface area contributed by atoms with Crippen LogP contribution in [0, 0.1) is 0 Å². The van der Waals surface area contributed by atoms with Crippen molar-refractivity contribution in [3.63, 3.8) is 0 Å². The number of carbonyl (C=O) groups excluding carboxylic acids is 1. The number of rotatable bonds is 7. The number of hydrogen-bond acceptors (Lipinski definition) is 5. The Morgan fingerprint density at radius 3 is 2.55 bits per heavy atom. The molecule has 7 heteroatoms. The summed E-state index contributed by atoms with van der Waals surface area (Å²) in [5.74, 6) is -2.23. The van der Waals surface area contributed by atoms with E-state index in [2.05, 4.69) is 5.32 Å². The Bertz CT molecular complexity index is 488. The van der Waals surface area contributed by atoms with Gasteiger partial charge in [0.15, 0.2) is 11.5 Å². The molecule has 1 atom stereocenters. The van der Waals surface area contributed by atoms with E-state index in [1.165, 1.54) is 25.3 Å². The molecule has 4 N–H and O–H groups in total. The highest BCUT2D eigenvalue weighted by atomic mass is 16.5. The summed E-state index contributed by atoms with van der Waals surface area (Å²) in [4.78, 5) is 22.6. The van der Waals surface area contributed by atoms with Gasteiger partial charge in [-0.25, -0.2) is 4.79 Å². The second-order valence-corrected chi connectivity index (χ2v) is 4.23. The van der Waals surface area contributed by atoms with Crippen molar-refractivity contribution in [1.29, 1.82) is 0 Å². The lowest BCUT2D eigenvalue weighted by molar-refractivity contribution is -0.141. The van der Waals surface area contributed by atoms with Crippen LogP contribution in [0.2, 0.25) is 0 Å². The molecule has 0 saturated heterocycles. The van der Waals surface area contributed by atoms with Crippen molar-refractivity contribution >= 4 is 11.9 Å². The number of hydrogen-bond donors (Lipinski definition) is 4. The van der Waals surface area contributed by atoms with Crippen molar-refractivity contribution < 1.29 is 29.6 Å². The molecule has 0 aliphatic rings. The maximum absolute atomic E-state index is 11.5. The summed E-state index contributed by atoms with van der Waals surface area (Å²) in [5, 5.41) is 30.0. The summed E-state index contributed by atoms with van der Waals surface area (Å²) in [7, 11) is 1.45. The van der Waals surface area contributed by atoms with Crippen molar-refractivity contribution in [2.24, 2.45) is 0 Å². The standard InChI is InChI=1S/C13H17NO6/c1-20-5-4-12(17)14-9(13(18)19)6-8-2-3-10(15)11(16)7-8/h2-3,7,9,15-16H,4-6H2,1H3,(H,14,17)(H,18,19). The Morgan fingerprint density at radius 2 is 2.00 bits per heavy atom. The molecule has 1 amide bonds. The van der Waals surface area contributed by atoms with Gasteiger partial charge in [0.05, 0.1) is 6.61 Å². The quantitative estimate of drug-likeness (QED) is 0.533. The Balaban J connectivity index is 2.69. The van der Waals surface area contributed by atoms with Gasteiger partial charge >= 0.3 is 5.97 Å². The number of aromatic hydroxyl groups is 2. The zero-order valence-electron chi connectivity index (χ0n) is 11.0. The fraction of sp³-hybridized carbons (Fsp3) is 0.385. The van der Waals surface area contributed by atoms with Gasteiger partial charge in [-0.05, 0) is 17.7 Å². The van der Waals surface area contributed by atoms with E-state index in [4.69, 9.17) is 9.84 Å². The Kier molecular flexibility index (Phi) is 5.79. The van der Waals surface area contributed by atoms with Gasteiger partial charge in [0.1, 0.15) is 6.04 Å². The molecule has 0 fully saturated rings. The number of benzene rings is 1. The summed E-state index contributed by atoms with van der Waals surface area (Å²) < 4.78 is 4.73. The molecule has 0 radical (unpaired) electrons. The second kappa shape index (κ2) is 7.34. The van der Waals surface area contributed by atoms with Gasteiger partial charge in [0, 0.05) is 20.0 Å². The summed E-state index contributed by atoms with van der Waals surface area (Å²) in [6.45, 7) is 0.207. The Hall–Kier alpha value is -2.28. The smallest absolute Gasteiger partial charge is 0.326 e. The van der Waals surface area contributed by atoms with Gasteiger partial charge in [-0.15, -0.1) is 0 Å². The van der Waals surface area contributed by atoms with E-state index >= 15 is 0 Å². The summed E-state index contributed by atoms with van der Waals surface area (Å²) in [6, 6.07) is 2.89. The molecule has 0 saturated carbocycles. The third-order valence-corrected chi connectivity index (χ3v) is 2.65. The molecule has 20 heavy (non-hydrogen) atoms. The van der Waals surface area contributed by atoms with Crippen LogP contribution < -0.4 is 5.32 Å². The summed E-state index contributed by atoms with van der Waals surface area (Å²) >= 11 is 0. The zero-order chi connectivity index (χ0) is 15.1. The fourth-order valence-corrected chi connectivity index (χ4v) is 1.59. The predicted octanol–water partition coefficient (Wildman–Crippen LogP) is 0.246. The van der Waals surface area contributed by atoms with Crippen molar-refractivity contribution in [1.82, 2.24) is 5.32 Å². The van der Waals surface area contributed by atoms with E-state index in [0.29, 0.717) is 5.56 Å². The first kappa shape index (κ1) is 15.8. The molecule has 1 rings (SSSR count). The van der Waals surface area contributed by atoms with Crippen LogP contribution in [0.1, 0.15) is 12.0 Å². The largest absolute Gasteiger partial charge is 0.504 e. The number of amides is 1. The molecule has 0 aliphatic carbocycles. The topological polar surface area (TPSA) is 116 Å². The van der Waals surface area contributed by atoms with Gasteiger partial charge in [-0.3, -0.25) is 4.79 Å². The molecule has 0 aliphatic heterocycles. The zero-order valence-corrected chi connectivity index (χ0v) is 11.0. The van der Waals surface area contributed by atoms with E-state index in [1.807, 2.05) is 0 Å². The minimum Gasteiger partial charge on any atom is -0.504 e. The lowest BCUT2D eigenvalue weighted by Crippen LogP contribution is -2.42. The third kappa shape index (κ3) is 4.77. The van der Waals surface area contributed by atoms with Crippen molar-refractivity contribution in [3.8, 4) is 11.5 Å². The minimum absolute atomic E-state index is 0.00188. The highest BCUT2D eigenvalue weighted by molar-refractivity contribution is 5.83. The van der Waals surface area contributed by atoms with Gasteiger partial charge in [-0.1, -0.05) is 6.07 Å². The van der Waals surface area contributed by atoms with Crippen LogP contribution in [-0.2, 0) is 20.7 Å². The molecular formula is C13H17NO6. The first-order valence-electron chi connectivity index (χ1n) is 5.96. The number of nitrogens with one attached hydrogen (secondary N) is 1. The van der Waals surface area contributed by atoms with Crippen LogP contribution in [0.5, 0.6) is 11.5 Å². The maximum Gasteiger partial charge on any atom is 0.326 e. The van der Waals surface area contributed by atoms with E-state index in [0.717, 1.165) is 0 Å². The number of methoxy groups -OCH3 is 1. The van der Waals surface area contributed by atoms with E-state index in [1.54, 1.807) is 0 Å². The normalized spacial score (nSPS) is 11.8. The maximum atomic E-state index is 11.5. The number of carbonyl (C=O) groups is 2. The second-order valence-electron chi connectivity index (χ2n) is 4.23. The molecule has 110 valence electrons. The monoisotopic (exact) mass is 283 g/mol. The molecule has 7 nitrogen and oxygen atoms in total. The lowest BCUT2D eigenvalue weighted by atomic mass is 10.1. The third-order valence-electron chi connectivity index (χ3n) is 2.65. The number of carboxylic acids is 1. The van der Waals surface area contributed by atoms with Gasteiger partial charge < -0.3 is 25.4 Å². The van der Waals surface area contributed by atoms with Crippen molar-refractivity contribution in [3.05, 3.63) is 23.8 Å². The van der Waals surface area contributed by atoms with Crippen LogP contribution in [0.3, 0.4) is 0 Å². The molecule has 0 bridgehead atoms. The molecule has 1 aromatic rings. The average Bonchev–Trinajstić information content (AvgIpc) is 2.39. The SMILES string of the molecule is COCCC(=O)NC(Cc1ccc(O)c(O)c1)C(=O)O. The van der Waals surface area contributed by atoms with Gasteiger partial charge in [0.2, 0.25) is 5.91 Å². The Labute approximate surface area is 115 Å². The van der Waals surface area contributed by atoms with Crippen molar-refractivity contribution in [2.75, 3.05) is 13.7 Å². The van der Waals surface area contributed by atoms with Gasteiger partial charge in [0.25, 0.3) is 0 Å². The molecule has 0 spiro atoms. The highest BCUT2D eigenvalue weighted by Crippen LogP contribution is 2.25. The predicted molar refractivity (Wildman–Crippen MR) is 69.5 cm³/mol. The molecular weight excluding hydrogens is 266 g/mol. The van der Waals surface area contributed by atoms with Crippen LogP contribution >= 0.6 is 0 Å². The molecule has 1 aromatic carbocycles. The first-order chi connectivity index (χ1) is 9.43. The van der Waals surface area contributed by atoms with Crippen LogP contribution in [0.15, 0.2) is 18.2 Å². The van der Waals surface area contributed by atoms with E-state index in [-0.39, 0.29) is 30.9 Å². The number of phenolic OH excluding ortho intramolecular Hbond substituents is 2. The number of carboxylic acid groups (broad SMARTS) is 1. The molecule has 0 heterocycles. The minimum atomic E-state index is -1.18. The number of phenols is 2. The van der Waals surface area contributed by atoms with Crippen LogP contribution in [0.4, 0.5) is 0 Å².